The van der Waals surface area contributed by atoms with Crippen LogP contribution in [0.15, 0.2) is 60.0 Å². The monoisotopic (exact) mass is 700 g/mol. The number of aryl methyl sites for hydroxylation is 1. The first-order valence-corrected chi connectivity index (χ1v) is 17.8. The Hall–Kier alpha value is -4.34. The molecule has 0 spiro atoms. The van der Waals surface area contributed by atoms with E-state index in [2.05, 4.69) is 15.0 Å². The summed E-state index contributed by atoms with van der Waals surface area (Å²) in [4.78, 5) is 34.5. The minimum atomic E-state index is -4.04. The first kappa shape index (κ1) is 37.5. The van der Waals surface area contributed by atoms with E-state index in [1.165, 1.54) is 28.1 Å². The predicted molar refractivity (Wildman–Crippen MR) is 186 cm³/mol. The molecule has 0 aliphatic carbocycles. The highest BCUT2D eigenvalue weighted by Gasteiger charge is 2.31. The molecule has 2 heterocycles. The summed E-state index contributed by atoms with van der Waals surface area (Å²) in [6.45, 7) is 6.14. The van der Waals surface area contributed by atoms with Crippen LogP contribution in [0.2, 0.25) is 0 Å². The number of fused-ring (bicyclic) bond motifs is 1. The van der Waals surface area contributed by atoms with Crippen LogP contribution in [-0.2, 0) is 21.8 Å². The van der Waals surface area contributed by atoms with Gasteiger partial charge in [-0.2, -0.15) is 8.42 Å². The molecular weight excluding hydrogens is 652 g/mol. The fraction of sp³-hybridized carbons (Fsp3) is 0.500. The molecule has 0 saturated carbocycles. The zero-order valence-electron chi connectivity index (χ0n) is 29.0. The van der Waals surface area contributed by atoms with Crippen LogP contribution in [0, 0.1) is 5.92 Å². The van der Waals surface area contributed by atoms with Crippen molar-refractivity contribution in [3.05, 3.63) is 60.6 Å². The van der Waals surface area contributed by atoms with Crippen LogP contribution >= 0.6 is 0 Å². The maximum Gasteiger partial charge on any atom is 0.321 e. The third kappa shape index (κ3) is 10.1. The molecule has 49 heavy (non-hydrogen) atoms. The van der Waals surface area contributed by atoms with Gasteiger partial charge in [0.2, 0.25) is 0 Å². The molecule has 3 N–H and O–H groups in total. The minimum absolute atomic E-state index is 0.145. The van der Waals surface area contributed by atoms with Crippen molar-refractivity contribution in [2.75, 3.05) is 50.5 Å². The number of imidazole rings is 1. The fourth-order valence-electron chi connectivity index (χ4n) is 5.43. The van der Waals surface area contributed by atoms with Crippen molar-refractivity contribution in [3.8, 4) is 11.5 Å². The molecule has 15 heteroatoms. The molecule has 0 bridgehead atoms. The summed E-state index contributed by atoms with van der Waals surface area (Å²) in [6, 6.07) is 10.7. The van der Waals surface area contributed by atoms with Crippen molar-refractivity contribution in [1.82, 2.24) is 19.4 Å². The highest BCUT2D eigenvalue weighted by molar-refractivity contribution is 7.92. The van der Waals surface area contributed by atoms with E-state index in [-0.39, 0.29) is 54.0 Å². The number of aromatic nitrogens is 2. The Labute approximate surface area is 288 Å². The molecule has 268 valence electrons. The van der Waals surface area contributed by atoms with Gasteiger partial charge in [0.1, 0.15) is 11.5 Å². The highest BCUT2D eigenvalue weighted by Crippen LogP contribution is 2.29. The second-order valence-corrected chi connectivity index (χ2v) is 14.2. The number of carbonyl (C=O) groups excluding carboxylic acids is 2. The fourth-order valence-corrected chi connectivity index (χ4v) is 6.46. The molecule has 2 aromatic carbocycles. The minimum Gasteiger partial charge on any atom is -0.497 e. The quantitative estimate of drug-likeness (QED) is 0.297. The van der Waals surface area contributed by atoms with Gasteiger partial charge in [-0.3, -0.25) is 9.52 Å². The number of hydrogen-bond acceptors (Lipinski definition) is 9. The van der Waals surface area contributed by atoms with Gasteiger partial charge in [-0.05, 0) is 75.6 Å². The normalized spacial score (nSPS) is 19.9. The third-order valence-corrected chi connectivity index (χ3v) is 9.67. The number of urea groups is 1. The lowest BCUT2D eigenvalue weighted by Gasteiger charge is -2.35. The number of benzene rings is 2. The number of anilines is 2. The van der Waals surface area contributed by atoms with Gasteiger partial charge in [-0.25, -0.2) is 9.78 Å². The number of amides is 3. The number of aliphatic hydroxyl groups is 1. The van der Waals surface area contributed by atoms with E-state index >= 15 is 0 Å². The summed E-state index contributed by atoms with van der Waals surface area (Å²) in [7, 11) is 0.885. The lowest BCUT2D eigenvalue weighted by molar-refractivity contribution is -0.0115. The summed E-state index contributed by atoms with van der Waals surface area (Å²) in [5, 5.41) is 12.9. The SMILES string of the molecule is COc1ccc(NC(=O)N(C)C[C@H]2OCCCC[C@H](C)Oc3ccc(NS(=O)(=O)c4cn(C)cn4)cc3C(=O)N([C@H](C)CO)C[C@@H]2C)cc1. The summed E-state index contributed by atoms with van der Waals surface area (Å²) in [6.07, 6.45) is 4.31. The zero-order chi connectivity index (χ0) is 35.7. The molecule has 0 saturated heterocycles. The van der Waals surface area contributed by atoms with E-state index in [1.807, 2.05) is 13.8 Å². The molecule has 3 aromatic rings. The van der Waals surface area contributed by atoms with Crippen LogP contribution in [-0.4, -0.2) is 104 Å². The Morgan fingerprint density at radius 3 is 2.53 bits per heavy atom. The van der Waals surface area contributed by atoms with Crippen LogP contribution in [0.5, 0.6) is 11.5 Å². The number of aliphatic hydroxyl groups excluding tert-OH is 1. The molecular formula is C34H48N6O8S. The highest BCUT2D eigenvalue weighted by atomic mass is 32.2. The number of ether oxygens (including phenoxy) is 3. The van der Waals surface area contributed by atoms with Crippen molar-refractivity contribution < 1.29 is 37.3 Å². The van der Waals surface area contributed by atoms with Gasteiger partial charge < -0.3 is 39.0 Å². The Morgan fingerprint density at radius 1 is 1.16 bits per heavy atom. The molecule has 0 radical (unpaired) electrons. The van der Waals surface area contributed by atoms with E-state index in [9.17, 15) is 23.1 Å². The van der Waals surface area contributed by atoms with Crippen molar-refractivity contribution in [3.63, 3.8) is 0 Å². The van der Waals surface area contributed by atoms with Gasteiger partial charge >= 0.3 is 6.03 Å². The number of sulfonamides is 1. The van der Waals surface area contributed by atoms with Crippen LogP contribution in [0.4, 0.5) is 16.2 Å². The topological polar surface area (TPSA) is 165 Å². The van der Waals surface area contributed by atoms with Gasteiger partial charge in [-0.1, -0.05) is 6.92 Å². The van der Waals surface area contributed by atoms with Crippen LogP contribution in [0.1, 0.15) is 50.4 Å². The van der Waals surface area contributed by atoms with Crippen molar-refractivity contribution in [2.45, 2.75) is 63.3 Å². The largest absolute Gasteiger partial charge is 0.497 e. The molecule has 0 fully saturated rings. The Morgan fingerprint density at radius 2 is 1.88 bits per heavy atom. The molecule has 14 nitrogen and oxygen atoms in total. The second kappa shape index (κ2) is 16.9. The molecule has 1 aliphatic rings. The van der Waals surface area contributed by atoms with E-state index in [4.69, 9.17) is 14.2 Å². The third-order valence-electron chi connectivity index (χ3n) is 8.40. The first-order chi connectivity index (χ1) is 23.3. The predicted octanol–water partition coefficient (Wildman–Crippen LogP) is 4.19. The van der Waals surface area contributed by atoms with Crippen LogP contribution < -0.4 is 19.5 Å². The number of likely N-dealkylation sites (N-methyl/N-ethyl adjacent to an activating group) is 1. The number of hydrogen-bond donors (Lipinski definition) is 3. The summed E-state index contributed by atoms with van der Waals surface area (Å²) in [5.41, 5.74) is 0.916. The maximum atomic E-state index is 14.4. The standard InChI is InChI=1S/C34H48N6O8S/c1-23-18-40(24(2)21-41)33(42)29-17-27(37-49(44,45)32-20-38(4)22-35-32)12-15-30(29)48-25(3)9-7-8-16-47-31(23)19-39(5)34(43)36-26-10-13-28(46-6)14-11-26/h10-15,17,20,22-25,31,37,41H,7-9,16,18-19,21H2,1-6H3,(H,36,43)/t23-,24+,25-,31+/m0/s1. The molecule has 4 atom stereocenters. The molecule has 0 unspecified atom stereocenters. The molecule has 1 aromatic heterocycles. The molecule has 3 amide bonds. The van der Waals surface area contributed by atoms with E-state index < -0.39 is 28.1 Å². The van der Waals surface area contributed by atoms with E-state index in [0.29, 0.717) is 30.2 Å². The van der Waals surface area contributed by atoms with Crippen LogP contribution in [0.3, 0.4) is 0 Å². The number of nitrogens with one attached hydrogen (secondary N) is 2. The number of methoxy groups -OCH3 is 1. The average Bonchev–Trinajstić information content (AvgIpc) is 3.53. The number of nitrogens with zero attached hydrogens (tertiary/aromatic N) is 4. The van der Waals surface area contributed by atoms with Crippen molar-refractivity contribution >= 4 is 33.3 Å². The first-order valence-electron chi connectivity index (χ1n) is 16.3. The van der Waals surface area contributed by atoms with Gasteiger partial charge in [0, 0.05) is 57.3 Å². The van der Waals surface area contributed by atoms with Crippen LogP contribution in [0.25, 0.3) is 0 Å². The lowest BCUT2D eigenvalue weighted by atomic mass is 10.0. The average molecular weight is 701 g/mol. The Bertz CT molecular complexity index is 1660. The zero-order valence-corrected chi connectivity index (χ0v) is 29.8. The van der Waals surface area contributed by atoms with Gasteiger partial charge in [0.15, 0.2) is 5.03 Å². The van der Waals surface area contributed by atoms with E-state index in [0.717, 1.165) is 12.8 Å². The van der Waals surface area contributed by atoms with Crippen molar-refractivity contribution in [2.24, 2.45) is 13.0 Å². The van der Waals surface area contributed by atoms with Gasteiger partial charge in [0.05, 0.1) is 43.9 Å². The summed E-state index contributed by atoms with van der Waals surface area (Å²) >= 11 is 0. The molecule has 1 aliphatic heterocycles. The Balaban J connectivity index is 1.60. The second-order valence-electron chi connectivity index (χ2n) is 12.5. The maximum absolute atomic E-state index is 14.4. The van der Waals surface area contributed by atoms with Gasteiger partial charge in [-0.15, -0.1) is 0 Å². The lowest BCUT2D eigenvalue weighted by Crippen LogP contribution is -2.48. The van der Waals surface area contributed by atoms with Gasteiger partial charge in [0.25, 0.3) is 15.9 Å². The van der Waals surface area contributed by atoms with Crippen molar-refractivity contribution in [1.29, 1.82) is 0 Å². The number of rotatable bonds is 9. The smallest absolute Gasteiger partial charge is 0.321 e. The summed E-state index contributed by atoms with van der Waals surface area (Å²) < 4.78 is 47.9. The summed E-state index contributed by atoms with van der Waals surface area (Å²) in [5.74, 6) is 0.262. The Kier molecular flexibility index (Phi) is 12.9. The molecule has 4 rings (SSSR count). The number of carbonyl (C=O) groups is 2. The van der Waals surface area contributed by atoms with E-state index in [1.54, 1.807) is 69.4 Å².